The van der Waals surface area contributed by atoms with Crippen LogP contribution in [0.4, 0.5) is 0 Å². The van der Waals surface area contributed by atoms with Gasteiger partial charge in [0.25, 0.3) is 0 Å². The molecule has 0 unspecified atom stereocenters. The zero-order valence-corrected chi connectivity index (χ0v) is 11.9. The highest BCUT2D eigenvalue weighted by Crippen LogP contribution is 2.18. The van der Waals surface area contributed by atoms with Crippen LogP contribution < -0.4 is 10.5 Å². The zero-order valence-electron chi connectivity index (χ0n) is 11.9. The standard InChI is InChI=1S/C15H24N2O2/c1-3-4-10-17(11-9-16)15(18)12-13-7-5-6-8-14(13)19-2/h5-8H,3-4,9-12,16H2,1-2H3. The Morgan fingerprint density at radius 2 is 2.05 bits per heavy atom. The van der Waals surface area contributed by atoms with Gasteiger partial charge in [-0.05, 0) is 12.5 Å². The summed E-state index contributed by atoms with van der Waals surface area (Å²) < 4.78 is 5.27. The third kappa shape index (κ3) is 4.91. The number of benzene rings is 1. The van der Waals surface area contributed by atoms with Crippen molar-refractivity contribution in [2.24, 2.45) is 5.73 Å². The van der Waals surface area contributed by atoms with Crippen LogP contribution in [0.3, 0.4) is 0 Å². The fourth-order valence-electron chi connectivity index (χ4n) is 1.99. The van der Waals surface area contributed by atoms with Crippen molar-refractivity contribution < 1.29 is 9.53 Å². The molecule has 0 spiro atoms. The maximum Gasteiger partial charge on any atom is 0.227 e. The molecular weight excluding hydrogens is 240 g/mol. The fraction of sp³-hybridized carbons (Fsp3) is 0.533. The summed E-state index contributed by atoms with van der Waals surface area (Å²) in [6.45, 7) is 4.02. The number of carbonyl (C=O) groups is 1. The van der Waals surface area contributed by atoms with Crippen molar-refractivity contribution in [3.05, 3.63) is 29.8 Å². The minimum Gasteiger partial charge on any atom is -0.496 e. The van der Waals surface area contributed by atoms with E-state index in [4.69, 9.17) is 10.5 Å². The van der Waals surface area contributed by atoms with Gasteiger partial charge in [-0.3, -0.25) is 4.79 Å². The van der Waals surface area contributed by atoms with Crippen LogP contribution in [0.2, 0.25) is 0 Å². The minimum atomic E-state index is 0.114. The van der Waals surface area contributed by atoms with Crippen molar-refractivity contribution in [3.63, 3.8) is 0 Å². The summed E-state index contributed by atoms with van der Waals surface area (Å²) >= 11 is 0. The molecule has 1 amide bonds. The van der Waals surface area contributed by atoms with Crippen LogP contribution in [0.1, 0.15) is 25.3 Å². The summed E-state index contributed by atoms with van der Waals surface area (Å²) in [5.41, 5.74) is 6.49. The van der Waals surface area contributed by atoms with E-state index in [0.29, 0.717) is 19.5 Å². The molecule has 0 saturated carbocycles. The maximum absolute atomic E-state index is 12.3. The number of rotatable bonds is 8. The topological polar surface area (TPSA) is 55.6 Å². The van der Waals surface area contributed by atoms with Crippen molar-refractivity contribution in [1.29, 1.82) is 0 Å². The van der Waals surface area contributed by atoms with Gasteiger partial charge in [0.15, 0.2) is 0 Å². The molecule has 0 aliphatic carbocycles. The molecule has 0 heterocycles. The summed E-state index contributed by atoms with van der Waals surface area (Å²) in [5.74, 6) is 0.877. The predicted octanol–water partition coefficient (Wildman–Crippen LogP) is 1.83. The van der Waals surface area contributed by atoms with Crippen LogP contribution in [0.25, 0.3) is 0 Å². The molecule has 4 nitrogen and oxygen atoms in total. The number of carbonyl (C=O) groups excluding carboxylic acids is 1. The van der Waals surface area contributed by atoms with E-state index in [1.807, 2.05) is 29.2 Å². The third-order valence-corrected chi connectivity index (χ3v) is 3.07. The molecule has 1 aromatic carbocycles. The first-order valence-electron chi connectivity index (χ1n) is 6.82. The number of para-hydroxylation sites is 1. The van der Waals surface area contributed by atoms with Crippen LogP contribution >= 0.6 is 0 Å². The van der Waals surface area contributed by atoms with E-state index in [9.17, 15) is 4.79 Å². The van der Waals surface area contributed by atoms with Crippen LogP contribution in [0.15, 0.2) is 24.3 Å². The molecule has 2 N–H and O–H groups in total. The van der Waals surface area contributed by atoms with Crippen LogP contribution in [0.5, 0.6) is 5.75 Å². The van der Waals surface area contributed by atoms with E-state index in [0.717, 1.165) is 30.7 Å². The van der Waals surface area contributed by atoms with E-state index in [1.54, 1.807) is 7.11 Å². The Labute approximate surface area is 115 Å². The van der Waals surface area contributed by atoms with E-state index in [2.05, 4.69) is 6.92 Å². The first-order valence-corrected chi connectivity index (χ1v) is 6.82. The Bertz CT molecular complexity index is 393. The van der Waals surface area contributed by atoms with E-state index in [1.165, 1.54) is 0 Å². The van der Waals surface area contributed by atoms with Crippen LogP contribution in [-0.4, -0.2) is 37.6 Å². The van der Waals surface area contributed by atoms with Crippen LogP contribution in [0, 0.1) is 0 Å². The van der Waals surface area contributed by atoms with Gasteiger partial charge in [0.05, 0.1) is 13.5 Å². The van der Waals surface area contributed by atoms with Gasteiger partial charge in [0, 0.05) is 25.2 Å². The number of methoxy groups -OCH3 is 1. The van der Waals surface area contributed by atoms with Gasteiger partial charge in [0.2, 0.25) is 5.91 Å². The summed E-state index contributed by atoms with van der Waals surface area (Å²) in [4.78, 5) is 14.1. The molecule has 0 radical (unpaired) electrons. The Kier molecular flexibility index (Phi) is 6.97. The average molecular weight is 264 g/mol. The smallest absolute Gasteiger partial charge is 0.227 e. The number of amides is 1. The Hall–Kier alpha value is -1.55. The minimum absolute atomic E-state index is 0.114. The Morgan fingerprint density at radius 3 is 2.68 bits per heavy atom. The molecule has 0 atom stereocenters. The highest BCUT2D eigenvalue weighted by molar-refractivity contribution is 5.79. The molecule has 0 aliphatic heterocycles. The average Bonchev–Trinajstić information content (AvgIpc) is 2.44. The first kappa shape index (κ1) is 15.5. The molecular formula is C15H24N2O2. The van der Waals surface area contributed by atoms with E-state index in [-0.39, 0.29) is 5.91 Å². The second-order valence-electron chi connectivity index (χ2n) is 4.51. The molecule has 0 bridgehead atoms. The summed E-state index contributed by atoms with van der Waals surface area (Å²) in [6, 6.07) is 7.63. The lowest BCUT2D eigenvalue weighted by molar-refractivity contribution is -0.130. The molecule has 1 aromatic rings. The van der Waals surface area contributed by atoms with Gasteiger partial charge in [-0.25, -0.2) is 0 Å². The summed E-state index contributed by atoms with van der Waals surface area (Å²) in [5, 5.41) is 0. The molecule has 1 rings (SSSR count). The molecule has 0 saturated heterocycles. The van der Waals surface area contributed by atoms with Crippen molar-refractivity contribution >= 4 is 5.91 Å². The molecule has 19 heavy (non-hydrogen) atoms. The molecule has 106 valence electrons. The number of nitrogens with two attached hydrogens (primary N) is 1. The molecule has 0 fully saturated rings. The Morgan fingerprint density at radius 1 is 1.32 bits per heavy atom. The highest BCUT2D eigenvalue weighted by atomic mass is 16.5. The molecule has 0 aromatic heterocycles. The number of ether oxygens (including phenoxy) is 1. The lowest BCUT2D eigenvalue weighted by Crippen LogP contribution is -2.37. The van der Waals surface area contributed by atoms with Crippen molar-refractivity contribution in [3.8, 4) is 5.75 Å². The van der Waals surface area contributed by atoms with Gasteiger partial charge in [0.1, 0.15) is 5.75 Å². The maximum atomic E-state index is 12.3. The second-order valence-corrected chi connectivity index (χ2v) is 4.51. The highest BCUT2D eigenvalue weighted by Gasteiger charge is 2.14. The van der Waals surface area contributed by atoms with Gasteiger partial charge in [-0.1, -0.05) is 31.5 Å². The normalized spacial score (nSPS) is 10.3. The lowest BCUT2D eigenvalue weighted by Gasteiger charge is -2.22. The van der Waals surface area contributed by atoms with Crippen molar-refractivity contribution in [2.45, 2.75) is 26.2 Å². The van der Waals surface area contributed by atoms with Crippen LogP contribution in [-0.2, 0) is 11.2 Å². The van der Waals surface area contributed by atoms with Gasteiger partial charge in [-0.2, -0.15) is 0 Å². The van der Waals surface area contributed by atoms with Crippen molar-refractivity contribution in [1.82, 2.24) is 4.90 Å². The SMILES string of the molecule is CCCCN(CCN)C(=O)Cc1ccccc1OC. The van der Waals surface area contributed by atoms with Gasteiger partial charge < -0.3 is 15.4 Å². The third-order valence-electron chi connectivity index (χ3n) is 3.07. The van der Waals surface area contributed by atoms with Crippen molar-refractivity contribution in [2.75, 3.05) is 26.7 Å². The monoisotopic (exact) mass is 264 g/mol. The number of hydrogen-bond donors (Lipinski definition) is 1. The number of hydrogen-bond acceptors (Lipinski definition) is 3. The molecule has 0 aliphatic rings. The molecule has 4 heteroatoms. The van der Waals surface area contributed by atoms with Gasteiger partial charge in [-0.15, -0.1) is 0 Å². The fourth-order valence-corrected chi connectivity index (χ4v) is 1.99. The zero-order chi connectivity index (χ0) is 14.1. The first-order chi connectivity index (χ1) is 9.22. The number of unbranched alkanes of at least 4 members (excludes halogenated alkanes) is 1. The Balaban J connectivity index is 2.69. The largest absolute Gasteiger partial charge is 0.496 e. The van der Waals surface area contributed by atoms with Gasteiger partial charge >= 0.3 is 0 Å². The van der Waals surface area contributed by atoms with E-state index < -0.39 is 0 Å². The number of nitrogens with zero attached hydrogens (tertiary/aromatic N) is 1. The predicted molar refractivity (Wildman–Crippen MR) is 77.2 cm³/mol. The summed E-state index contributed by atoms with van der Waals surface area (Å²) in [6.07, 6.45) is 2.45. The summed E-state index contributed by atoms with van der Waals surface area (Å²) in [7, 11) is 1.62. The second kappa shape index (κ2) is 8.53. The van der Waals surface area contributed by atoms with E-state index >= 15 is 0 Å². The quantitative estimate of drug-likeness (QED) is 0.779. The lowest BCUT2D eigenvalue weighted by atomic mass is 10.1.